The van der Waals surface area contributed by atoms with Crippen molar-refractivity contribution >= 4 is 11.3 Å². The molecule has 1 unspecified atom stereocenters. The predicted molar refractivity (Wildman–Crippen MR) is 95.1 cm³/mol. The van der Waals surface area contributed by atoms with E-state index in [1.54, 1.807) is 11.3 Å². The van der Waals surface area contributed by atoms with Crippen molar-refractivity contribution in [2.45, 2.75) is 39.0 Å². The Balaban J connectivity index is 1.72. The molecule has 0 amide bonds. The third-order valence-electron chi connectivity index (χ3n) is 3.68. The highest BCUT2D eigenvalue weighted by molar-refractivity contribution is 7.12. The maximum Gasteiger partial charge on any atom is 0.0771 e. The second-order valence-electron chi connectivity index (χ2n) is 5.73. The van der Waals surface area contributed by atoms with E-state index in [0.29, 0.717) is 5.92 Å². The van der Waals surface area contributed by atoms with Crippen LogP contribution < -0.4 is 0 Å². The molecule has 0 saturated heterocycles. The lowest BCUT2D eigenvalue weighted by Crippen LogP contribution is -2.01. The number of benzene rings is 1. The van der Waals surface area contributed by atoms with Crippen molar-refractivity contribution in [1.29, 1.82) is 0 Å². The van der Waals surface area contributed by atoms with Gasteiger partial charge in [-0.05, 0) is 49.3 Å². The van der Waals surface area contributed by atoms with Gasteiger partial charge in [-0.1, -0.05) is 49.1 Å². The van der Waals surface area contributed by atoms with Crippen molar-refractivity contribution in [2.24, 2.45) is 5.92 Å². The summed E-state index contributed by atoms with van der Waals surface area (Å²) in [6, 6.07) is 14.9. The van der Waals surface area contributed by atoms with E-state index in [1.807, 2.05) is 0 Å². The van der Waals surface area contributed by atoms with Crippen molar-refractivity contribution in [3.63, 3.8) is 0 Å². The molecule has 22 heavy (non-hydrogen) atoms. The van der Waals surface area contributed by atoms with Gasteiger partial charge in [0.1, 0.15) is 0 Å². The zero-order valence-corrected chi connectivity index (χ0v) is 14.0. The highest BCUT2D eigenvalue weighted by Gasteiger charge is 2.03. The van der Waals surface area contributed by atoms with Gasteiger partial charge in [0.15, 0.2) is 0 Å². The standard InChI is InChI=1S/C20H24OS/c1-17(16-21)12-13-20-15-14-19(22-20)11-7-3-6-10-18-8-4-2-5-9-18/h2,4-5,8-9,14-15,17,21H,3,6,10,12-13,16H2,1H3. The van der Waals surface area contributed by atoms with Gasteiger partial charge in [0, 0.05) is 17.9 Å². The van der Waals surface area contributed by atoms with Crippen LogP contribution in [0, 0.1) is 17.8 Å². The Morgan fingerprint density at radius 2 is 1.91 bits per heavy atom. The number of aliphatic hydroxyl groups excluding tert-OH is 1. The summed E-state index contributed by atoms with van der Waals surface area (Å²) < 4.78 is 0. The zero-order chi connectivity index (χ0) is 15.6. The van der Waals surface area contributed by atoms with Crippen LogP contribution in [0.1, 0.15) is 41.5 Å². The first-order chi connectivity index (χ1) is 10.8. The van der Waals surface area contributed by atoms with Crippen LogP contribution in [0.25, 0.3) is 0 Å². The Hall–Kier alpha value is -1.56. The monoisotopic (exact) mass is 312 g/mol. The molecule has 0 radical (unpaired) electrons. The molecule has 1 N–H and O–H groups in total. The Kier molecular flexibility index (Phi) is 7.22. The summed E-state index contributed by atoms with van der Waals surface area (Å²) in [4.78, 5) is 2.53. The number of hydrogen-bond acceptors (Lipinski definition) is 2. The minimum atomic E-state index is 0.277. The Morgan fingerprint density at radius 1 is 1.09 bits per heavy atom. The van der Waals surface area contributed by atoms with Gasteiger partial charge in [-0.3, -0.25) is 0 Å². The SMILES string of the molecule is CC(CO)CCc1ccc(C#CCCCc2ccccc2)s1. The number of hydrogen-bond donors (Lipinski definition) is 1. The van der Waals surface area contributed by atoms with E-state index in [2.05, 4.69) is 61.2 Å². The van der Waals surface area contributed by atoms with Gasteiger partial charge in [-0.15, -0.1) is 11.3 Å². The van der Waals surface area contributed by atoms with Gasteiger partial charge in [0.25, 0.3) is 0 Å². The van der Waals surface area contributed by atoms with Gasteiger partial charge >= 0.3 is 0 Å². The molecule has 0 aliphatic heterocycles. The molecule has 116 valence electrons. The molecule has 1 aromatic carbocycles. The maximum atomic E-state index is 9.05. The molecule has 1 nitrogen and oxygen atoms in total. The van der Waals surface area contributed by atoms with E-state index in [1.165, 1.54) is 10.4 Å². The zero-order valence-electron chi connectivity index (χ0n) is 13.2. The molecule has 1 heterocycles. The van der Waals surface area contributed by atoms with Crippen LogP contribution in [0.4, 0.5) is 0 Å². The van der Waals surface area contributed by atoms with Crippen LogP contribution in [0.15, 0.2) is 42.5 Å². The van der Waals surface area contributed by atoms with Gasteiger partial charge in [0.2, 0.25) is 0 Å². The summed E-state index contributed by atoms with van der Waals surface area (Å²) in [5.41, 5.74) is 1.39. The predicted octanol–water partition coefficient (Wildman–Crippen LogP) is 4.68. The summed E-state index contributed by atoms with van der Waals surface area (Å²) in [7, 11) is 0. The van der Waals surface area contributed by atoms with Crippen molar-refractivity contribution in [2.75, 3.05) is 6.61 Å². The first kappa shape index (κ1) is 16.8. The molecule has 0 bridgehead atoms. The first-order valence-electron chi connectivity index (χ1n) is 8.00. The van der Waals surface area contributed by atoms with E-state index >= 15 is 0 Å². The van der Waals surface area contributed by atoms with Gasteiger partial charge in [-0.2, -0.15) is 0 Å². The van der Waals surface area contributed by atoms with E-state index in [4.69, 9.17) is 5.11 Å². The van der Waals surface area contributed by atoms with Gasteiger partial charge in [0.05, 0.1) is 4.88 Å². The smallest absolute Gasteiger partial charge is 0.0771 e. The van der Waals surface area contributed by atoms with Crippen molar-refractivity contribution < 1.29 is 5.11 Å². The van der Waals surface area contributed by atoms with Crippen LogP contribution in [-0.2, 0) is 12.8 Å². The van der Waals surface area contributed by atoms with Crippen LogP contribution in [0.5, 0.6) is 0 Å². The molecule has 2 rings (SSSR count). The quantitative estimate of drug-likeness (QED) is 0.581. The Bertz CT molecular complexity index is 603. The lowest BCUT2D eigenvalue weighted by Gasteiger charge is -2.04. The molecule has 1 aromatic heterocycles. The van der Waals surface area contributed by atoms with Crippen molar-refractivity contribution in [3.05, 3.63) is 57.8 Å². The molecule has 0 aliphatic carbocycles. The summed E-state index contributed by atoms with van der Waals surface area (Å²) in [5.74, 6) is 6.94. The number of unbranched alkanes of at least 4 members (excludes halogenated alkanes) is 1. The molecule has 2 aromatic rings. The van der Waals surface area contributed by atoms with E-state index in [0.717, 1.165) is 37.0 Å². The second-order valence-corrected chi connectivity index (χ2v) is 6.90. The fraction of sp³-hybridized carbons (Fsp3) is 0.400. The molecule has 0 fully saturated rings. The average molecular weight is 312 g/mol. The fourth-order valence-electron chi connectivity index (χ4n) is 2.23. The summed E-state index contributed by atoms with van der Waals surface area (Å²) >= 11 is 1.78. The second kappa shape index (κ2) is 9.46. The fourth-order valence-corrected chi connectivity index (χ4v) is 3.13. The lowest BCUT2D eigenvalue weighted by atomic mass is 10.1. The molecule has 2 heteroatoms. The maximum absolute atomic E-state index is 9.05. The van der Waals surface area contributed by atoms with Crippen LogP contribution in [-0.4, -0.2) is 11.7 Å². The topological polar surface area (TPSA) is 20.2 Å². The van der Waals surface area contributed by atoms with Crippen molar-refractivity contribution in [3.8, 4) is 11.8 Å². The first-order valence-corrected chi connectivity index (χ1v) is 8.82. The molecule has 1 atom stereocenters. The molecule has 0 spiro atoms. The minimum absolute atomic E-state index is 0.277. The number of thiophene rings is 1. The molecule has 0 aliphatic rings. The minimum Gasteiger partial charge on any atom is -0.396 e. The number of rotatable bonds is 7. The highest BCUT2D eigenvalue weighted by atomic mass is 32.1. The largest absolute Gasteiger partial charge is 0.396 e. The highest BCUT2D eigenvalue weighted by Crippen LogP contribution is 2.19. The summed E-state index contributed by atoms with van der Waals surface area (Å²) in [6.45, 7) is 2.36. The lowest BCUT2D eigenvalue weighted by molar-refractivity contribution is 0.231. The molecular weight excluding hydrogens is 288 g/mol. The molecule has 0 saturated carbocycles. The summed E-state index contributed by atoms with van der Waals surface area (Å²) in [6.07, 6.45) is 5.25. The van der Waals surface area contributed by atoms with E-state index in [-0.39, 0.29) is 6.61 Å². The van der Waals surface area contributed by atoms with E-state index < -0.39 is 0 Å². The Morgan fingerprint density at radius 3 is 2.68 bits per heavy atom. The normalized spacial score (nSPS) is 11.7. The van der Waals surface area contributed by atoms with E-state index in [9.17, 15) is 0 Å². The Labute approximate surface area is 138 Å². The summed E-state index contributed by atoms with van der Waals surface area (Å²) in [5, 5.41) is 9.05. The van der Waals surface area contributed by atoms with Crippen LogP contribution >= 0.6 is 11.3 Å². The van der Waals surface area contributed by atoms with Crippen LogP contribution in [0.2, 0.25) is 0 Å². The number of aliphatic hydroxyl groups is 1. The number of aryl methyl sites for hydroxylation is 2. The van der Waals surface area contributed by atoms with Crippen molar-refractivity contribution in [1.82, 2.24) is 0 Å². The van der Waals surface area contributed by atoms with Gasteiger partial charge in [-0.25, -0.2) is 0 Å². The van der Waals surface area contributed by atoms with Crippen LogP contribution in [0.3, 0.4) is 0 Å². The third-order valence-corrected chi connectivity index (χ3v) is 4.74. The third kappa shape index (κ3) is 6.05. The van der Waals surface area contributed by atoms with Gasteiger partial charge < -0.3 is 5.11 Å². The average Bonchev–Trinajstić information content (AvgIpc) is 3.01. The molecular formula is C20H24OS.